The summed E-state index contributed by atoms with van der Waals surface area (Å²) in [6.07, 6.45) is 1.46. The molecule has 0 unspecified atom stereocenters. The second kappa shape index (κ2) is 5.92. The van der Waals surface area contributed by atoms with Crippen molar-refractivity contribution in [2.75, 3.05) is 4.72 Å². The zero-order valence-electron chi connectivity index (χ0n) is 11.3. The van der Waals surface area contributed by atoms with Crippen molar-refractivity contribution in [2.45, 2.75) is 24.8 Å². The predicted molar refractivity (Wildman–Crippen MR) is 77.3 cm³/mol. The second-order valence-corrected chi connectivity index (χ2v) is 6.12. The van der Waals surface area contributed by atoms with Crippen molar-refractivity contribution in [3.05, 3.63) is 48.7 Å². The predicted octanol–water partition coefficient (Wildman–Crippen LogP) is 2.67. The molecule has 2 rings (SSSR count). The second-order valence-electron chi connectivity index (χ2n) is 4.44. The van der Waals surface area contributed by atoms with Crippen molar-refractivity contribution in [1.29, 1.82) is 0 Å². The summed E-state index contributed by atoms with van der Waals surface area (Å²) in [6.45, 7) is 3.70. The van der Waals surface area contributed by atoms with Gasteiger partial charge in [-0.1, -0.05) is 18.2 Å². The van der Waals surface area contributed by atoms with Crippen molar-refractivity contribution in [3.63, 3.8) is 0 Å². The number of hydrogen-bond donors (Lipinski definition) is 1. The van der Waals surface area contributed by atoms with Gasteiger partial charge in [-0.25, -0.2) is 13.4 Å². The van der Waals surface area contributed by atoms with Gasteiger partial charge in [0.05, 0.1) is 11.0 Å². The Labute approximate surface area is 118 Å². The van der Waals surface area contributed by atoms with E-state index in [2.05, 4.69) is 9.71 Å². The zero-order valence-corrected chi connectivity index (χ0v) is 12.1. The fraction of sp³-hybridized carbons (Fsp3) is 0.214. The summed E-state index contributed by atoms with van der Waals surface area (Å²) in [5.41, 5.74) is 0.324. The summed E-state index contributed by atoms with van der Waals surface area (Å²) in [6, 6.07) is 11.4. The highest BCUT2D eigenvalue weighted by Crippen LogP contribution is 2.24. The first kappa shape index (κ1) is 14.3. The molecule has 0 aliphatic carbocycles. The molecule has 0 spiro atoms. The summed E-state index contributed by atoms with van der Waals surface area (Å²) in [7, 11) is -3.64. The third-order valence-electron chi connectivity index (χ3n) is 2.42. The SMILES string of the molecule is CC(C)Oc1ncccc1NS(=O)(=O)c1ccccc1. The fourth-order valence-corrected chi connectivity index (χ4v) is 2.67. The topological polar surface area (TPSA) is 68.3 Å². The van der Waals surface area contributed by atoms with Crippen LogP contribution in [0.1, 0.15) is 13.8 Å². The van der Waals surface area contributed by atoms with Gasteiger partial charge in [0.2, 0.25) is 5.88 Å². The largest absolute Gasteiger partial charge is 0.473 e. The number of pyridine rings is 1. The van der Waals surface area contributed by atoms with Crippen LogP contribution >= 0.6 is 0 Å². The molecule has 20 heavy (non-hydrogen) atoms. The van der Waals surface area contributed by atoms with Gasteiger partial charge in [-0.15, -0.1) is 0 Å². The molecular formula is C14H16N2O3S. The Morgan fingerprint density at radius 2 is 1.80 bits per heavy atom. The molecule has 1 N–H and O–H groups in total. The van der Waals surface area contributed by atoms with Gasteiger partial charge in [-0.2, -0.15) is 0 Å². The molecular weight excluding hydrogens is 276 g/mol. The number of anilines is 1. The van der Waals surface area contributed by atoms with E-state index in [9.17, 15) is 8.42 Å². The van der Waals surface area contributed by atoms with Gasteiger partial charge in [0.1, 0.15) is 5.69 Å². The van der Waals surface area contributed by atoms with Crippen LogP contribution in [0.15, 0.2) is 53.6 Å². The van der Waals surface area contributed by atoms with Crippen LogP contribution in [-0.4, -0.2) is 19.5 Å². The lowest BCUT2D eigenvalue weighted by molar-refractivity contribution is 0.234. The van der Waals surface area contributed by atoms with E-state index < -0.39 is 10.0 Å². The number of nitrogens with zero attached hydrogens (tertiary/aromatic N) is 1. The third-order valence-corrected chi connectivity index (χ3v) is 3.80. The fourth-order valence-electron chi connectivity index (χ4n) is 1.59. The van der Waals surface area contributed by atoms with Gasteiger partial charge >= 0.3 is 0 Å². The molecule has 1 aromatic heterocycles. The van der Waals surface area contributed by atoms with E-state index in [4.69, 9.17) is 4.74 Å². The van der Waals surface area contributed by atoms with Crippen molar-refractivity contribution in [2.24, 2.45) is 0 Å². The molecule has 5 nitrogen and oxygen atoms in total. The lowest BCUT2D eigenvalue weighted by Gasteiger charge is -2.14. The van der Waals surface area contributed by atoms with Crippen LogP contribution in [0.3, 0.4) is 0 Å². The molecule has 0 amide bonds. The highest BCUT2D eigenvalue weighted by molar-refractivity contribution is 7.92. The van der Waals surface area contributed by atoms with Crippen molar-refractivity contribution in [1.82, 2.24) is 4.98 Å². The molecule has 0 saturated carbocycles. The molecule has 1 aromatic carbocycles. The first-order valence-electron chi connectivity index (χ1n) is 6.18. The van der Waals surface area contributed by atoms with E-state index in [1.165, 1.54) is 12.1 Å². The van der Waals surface area contributed by atoms with Crippen LogP contribution in [0, 0.1) is 0 Å². The molecule has 0 bridgehead atoms. The van der Waals surface area contributed by atoms with Crippen molar-refractivity contribution >= 4 is 15.7 Å². The molecule has 0 aliphatic rings. The van der Waals surface area contributed by atoms with E-state index in [1.54, 1.807) is 36.5 Å². The summed E-state index contributed by atoms with van der Waals surface area (Å²) >= 11 is 0. The number of ether oxygens (including phenoxy) is 1. The normalized spacial score (nSPS) is 11.3. The number of aromatic nitrogens is 1. The van der Waals surface area contributed by atoms with Gasteiger partial charge in [0.25, 0.3) is 10.0 Å². The molecule has 1 heterocycles. The molecule has 0 radical (unpaired) electrons. The van der Waals surface area contributed by atoms with Crippen LogP contribution in [-0.2, 0) is 10.0 Å². The number of benzene rings is 1. The van der Waals surface area contributed by atoms with Gasteiger partial charge in [-0.3, -0.25) is 4.72 Å². The summed E-state index contributed by atoms with van der Waals surface area (Å²) in [5.74, 6) is 0.266. The monoisotopic (exact) mass is 292 g/mol. The Balaban J connectivity index is 2.31. The smallest absolute Gasteiger partial charge is 0.262 e. The van der Waals surface area contributed by atoms with Crippen molar-refractivity contribution in [3.8, 4) is 5.88 Å². The van der Waals surface area contributed by atoms with E-state index in [0.29, 0.717) is 5.69 Å². The Morgan fingerprint density at radius 1 is 1.10 bits per heavy atom. The van der Waals surface area contributed by atoms with E-state index in [-0.39, 0.29) is 16.9 Å². The molecule has 0 saturated heterocycles. The van der Waals surface area contributed by atoms with Crippen LogP contribution in [0.5, 0.6) is 5.88 Å². The molecule has 2 aromatic rings. The minimum absolute atomic E-state index is 0.0927. The maximum atomic E-state index is 12.2. The average Bonchev–Trinajstić information content (AvgIpc) is 2.41. The lowest BCUT2D eigenvalue weighted by atomic mass is 10.4. The molecule has 0 atom stereocenters. The summed E-state index contributed by atoms with van der Waals surface area (Å²) in [5, 5.41) is 0. The van der Waals surface area contributed by atoms with Crippen LogP contribution in [0.25, 0.3) is 0 Å². The Morgan fingerprint density at radius 3 is 2.45 bits per heavy atom. The molecule has 0 aliphatic heterocycles. The Bertz CT molecular complexity index is 670. The van der Waals surface area contributed by atoms with Gasteiger partial charge in [0.15, 0.2) is 0 Å². The maximum absolute atomic E-state index is 12.2. The van der Waals surface area contributed by atoms with Gasteiger partial charge in [0, 0.05) is 6.20 Å². The highest BCUT2D eigenvalue weighted by atomic mass is 32.2. The van der Waals surface area contributed by atoms with Gasteiger partial charge in [-0.05, 0) is 38.1 Å². The number of hydrogen-bond acceptors (Lipinski definition) is 4. The standard InChI is InChI=1S/C14H16N2O3S/c1-11(2)19-14-13(9-6-10-15-14)16-20(17,18)12-7-4-3-5-8-12/h3-11,16H,1-2H3. The zero-order chi connectivity index (χ0) is 14.6. The quantitative estimate of drug-likeness (QED) is 0.920. The Hall–Kier alpha value is -2.08. The minimum Gasteiger partial charge on any atom is -0.473 e. The molecule has 0 fully saturated rings. The first-order chi connectivity index (χ1) is 9.49. The van der Waals surface area contributed by atoms with E-state index in [1.807, 2.05) is 13.8 Å². The van der Waals surface area contributed by atoms with Crippen LogP contribution < -0.4 is 9.46 Å². The maximum Gasteiger partial charge on any atom is 0.262 e. The lowest BCUT2D eigenvalue weighted by Crippen LogP contribution is -2.15. The van der Waals surface area contributed by atoms with Crippen molar-refractivity contribution < 1.29 is 13.2 Å². The summed E-state index contributed by atoms with van der Waals surface area (Å²) < 4.78 is 32.5. The number of nitrogens with one attached hydrogen (secondary N) is 1. The Kier molecular flexibility index (Phi) is 4.24. The first-order valence-corrected chi connectivity index (χ1v) is 7.67. The highest BCUT2D eigenvalue weighted by Gasteiger charge is 2.17. The minimum atomic E-state index is -3.64. The molecule has 106 valence electrons. The van der Waals surface area contributed by atoms with Gasteiger partial charge < -0.3 is 4.74 Å². The summed E-state index contributed by atoms with van der Waals surface area (Å²) in [4.78, 5) is 4.24. The van der Waals surface area contributed by atoms with E-state index in [0.717, 1.165) is 0 Å². The number of sulfonamides is 1. The average molecular weight is 292 g/mol. The third kappa shape index (κ3) is 3.48. The van der Waals surface area contributed by atoms with E-state index >= 15 is 0 Å². The number of rotatable bonds is 5. The van der Waals surface area contributed by atoms with Crippen LogP contribution in [0.4, 0.5) is 5.69 Å². The van der Waals surface area contributed by atoms with Crippen LogP contribution in [0.2, 0.25) is 0 Å². The molecule has 6 heteroatoms.